The average Bonchev–Trinajstić information content (AvgIpc) is 3.12. The monoisotopic (exact) mass is 387 g/mol. The molecule has 4 heteroatoms. The van der Waals surface area contributed by atoms with Gasteiger partial charge in [-0.2, -0.15) is 0 Å². The second-order valence-corrected chi connectivity index (χ2v) is 8.74. The molecule has 0 spiro atoms. The molecule has 1 aliphatic carbocycles. The fraction of sp³-hybridized carbons (Fsp3) is 0.400. The SMILES string of the molecule is CC1CCc2[nH]c3ccc(C(=O)Nc4ccc(N5CCCCC5)cc4)cc3c2C1. The van der Waals surface area contributed by atoms with Gasteiger partial charge in [-0.25, -0.2) is 0 Å². The lowest BCUT2D eigenvalue weighted by molar-refractivity contribution is 0.102. The summed E-state index contributed by atoms with van der Waals surface area (Å²) in [6.07, 6.45) is 7.30. The summed E-state index contributed by atoms with van der Waals surface area (Å²) in [7, 11) is 0. The highest BCUT2D eigenvalue weighted by molar-refractivity contribution is 6.06. The minimum atomic E-state index is -0.0450. The minimum Gasteiger partial charge on any atom is -0.372 e. The van der Waals surface area contributed by atoms with Crippen LogP contribution in [0.2, 0.25) is 0 Å². The summed E-state index contributed by atoms with van der Waals surface area (Å²) in [4.78, 5) is 18.8. The lowest BCUT2D eigenvalue weighted by atomic mass is 9.87. The molecule has 2 aromatic carbocycles. The topological polar surface area (TPSA) is 48.1 Å². The van der Waals surface area contributed by atoms with Crippen molar-refractivity contribution in [2.75, 3.05) is 23.3 Å². The van der Waals surface area contributed by atoms with Crippen LogP contribution in [0.1, 0.15) is 54.2 Å². The van der Waals surface area contributed by atoms with E-state index < -0.39 is 0 Å². The van der Waals surface area contributed by atoms with Gasteiger partial charge in [0.05, 0.1) is 0 Å². The molecule has 2 N–H and O–H groups in total. The van der Waals surface area contributed by atoms with Gasteiger partial charge in [-0.1, -0.05) is 6.92 Å². The molecule has 1 atom stereocenters. The number of H-pyrrole nitrogens is 1. The van der Waals surface area contributed by atoms with Gasteiger partial charge >= 0.3 is 0 Å². The summed E-state index contributed by atoms with van der Waals surface area (Å²) in [6, 6.07) is 14.3. The molecule has 150 valence electrons. The number of benzene rings is 2. The predicted molar refractivity (Wildman–Crippen MR) is 120 cm³/mol. The maximum Gasteiger partial charge on any atom is 0.255 e. The molecular weight excluding hydrogens is 358 g/mol. The Labute approximate surface area is 172 Å². The summed E-state index contributed by atoms with van der Waals surface area (Å²) in [6.45, 7) is 4.57. The Balaban J connectivity index is 1.34. The molecule has 1 aromatic heterocycles. The second kappa shape index (κ2) is 7.58. The number of anilines is 2. The molecule has 2 heterocycles. The summed E-state index contributed by atoms with van der Waals surface area (Å²) in [5.41, 5.74) is 6.71. The van der Waals surface area contributed by atoms with E-state index in [1.54, 1.807) is 0 Å². The van der Waals surface area contributed by atoms with Crippen LogP contribution in [0, 0.1) is 5.92 Å². The highest BCUT2D eigenvalue weighted by Gasteiger charge is 2.20. The van der Waals surface area contributed by atoms with Crippen molar-refractivity contribution >= 4 is 28.2 Å². The third kappa shape index (κ3) is 3.64. The molecule has 29 heavy (non-hydrogen) atoms. The molecule has 1 saturated heterocycles. The van der Waals surface area contributed by atoms with Crippen LogP contribution in [0.4, 0.5) is 11.4 Å². The van der Waals surface area contributed by atoms with Crippen molar-refractivity contribution in [3.63, 3.8) is 0 Å². The van der Waals surface area contributed by atoms with E-state index in [2.05, 4.69) is 40.3 Å². The third-order valence-electron chi connectivity index (χ3n) is 6.54. The Bertz CT molecular complexity index is 1030. The van der Waals surface area contributed by atoms with Gasteiger partial charge in [0, 0.05) is 46.6 Å². The number of rotatable bonds is 3. The van der Waals surface area contributed by atoms with Gasteiger partial charge in [-0.3, -0.25) is 4.79 Å². The number of amides is 1. The smallest absolute Gasteiger partial charge is 0.255 e. The van der Waals surface area contributed by atoms with E-state index >= 15 is 0 Å². The van der Waals surface area contributed by atoms with Gasteiger partial charge in [0.25, 0.3) is 5.91 Å². The summed E-state index contributed by atoms with van der Waals surface area (Å²) < 4.78 is 0. The van der Waals surface area contributed by atoms with Crippen LogP contribution in [-0.4, -0.2) is 24.0 Å². The van der Waals surface area contributed by atoms with Crippen LogP contribution < -0.4 is 10.2 Å². The van der Waals surface area contributed by atoms with Crippen molar-refractivity contribution in [1.82, 2.24) is 4.98 Å². The first-order valence-electron chi connectivity index (χ1n) is 11.0. The maximum atomic E-state index is 12.9. The van der Waals surface area contributed by atoms with Crippen LogP contribution in [0.5, 0.6) is 0 Å². The number of piperidine rings is 1. The Kier molecular flexibility index (Phi) is 4.78. The first kappa shape index (κ1) is 18.3. The van der Waals surface area contributed by atoms with E-state index in [-0.39, 0.29) is 5.91 Å². The summed E-state index contributed by atoms with van der Waals surface area (Å²) in [5.74, 6) is 0.661. The second-order valence-electron chi connectivity index (χ2n) is 8.74. The van der Waals surface area contributed by atoms with Gasteiger partial charge in [0.15, 0.2) is 0 Å². The number of fused-ring (bicyclic) bond motifs is 3. The fourth-order valence-corrected chi connectivity index (χ4v) is 4.84. The fourth-order valence-electron chi connectivity index (χ4n) is 4.84. The van der Waals surface area contributed by atoms with Crippen LogP contribution in [0.25, 0.3) is 10.9 Å². The van der Waals surface area contributed by atoms with Crippen LogP contribution in [0.3, 0.4) is 0 Å². The van der Waals surface area contributed by atoms with E-state index in [0.717, 1.165) is 42.7 Å². The first-order valence-corrected chi connectivity index (χ1v) is 11.0. The van der Waals surface area contributed by atoms with Crippen LogP contribution >= 0.6 is 0 Å². The third-order valence-corrected chi connectivity index (χ3v) is 6.54. The zero-order valence-corrected chi connectivity index (χ0v) is 17.1. The maximum absolute atomic E-state index is 12.9. The van der Waals surface area contributed by atoms with Crippen molar-refractivity contribution < 1.29 is 4.79 Å². The first-order chi connectivity index (χ1) is 14.2. The van der Waals surface area contributed by atoms with Gasteiger partial charge in [-0.05, 0) is 92.5 Å². The van der Waals surface area contributed by atoms with E-state index in [1.165, 1.54) is 48.0 Å². The highest BCUT2D eigenvalue weighted by atomic mass is 16.1. The lowest BCUT2D eigenvalue weighted by Crippen LogP contribution is -2.29. The molecule has 4 nitrogen and oxygen atoms in total. The Morgan fingerprint density at radius 1 is 1.07 bits per heavy atom. The summed E-state index contributed by atoms with van der Waals surface area (Å²) in [5, 5.41) is 4.27. The molecule has 0 bridgehead atoms. The lowest BCUT2D eigenvalue weighted by Gasteiger charge is -2.28. The molecule has 1 fully saturated rings. The van der Waals surface area contributed by atoms with Gasteiger partial charge in [-0.15, -0.1) is 0 Å². The Hall–Kier alpha value is -2.75. The van der Waals surface area contributed by atoms with Crippen LogP contribution in [-0.2, 0) is 12.8 Å². The average molecular weight is 388 g/mol. The standard InChI is InChI=1S/C25H29N3O/c1-17-5-11-23-21(15-17)22-16-18(6-12-24(22)27-23)25(29)26-19-7-9-20(10-8-19)28-13-3-2-4-14-28/h6-10,12,16-17,27H,2-5,11,13-15H2,1H3,(H,26,29). The van der Waals surface area contributed by atoms with Crippen molar-refractivity contribution in [2.45, 2.75) is 45.4 Å². The number of carbonyl (C=O) groups is 1. The Morgan fingerprint density at radius 3 is 2.66 bits per heavy atom. The van der Waals surface area contributed by atoms with Crippen LogP contribution in [0.15, 0.2) is 42.5 Å². The molecule has 0 saturated carbocycles. The van der Waals surface area contributed by atoms with Gasteiger partial charge in [0.1, 0.15) is 0 Å². The molecule has 1 unspecified atom stereocenters. The largest absolute Gasteiger partial charge is 0.372 e. The minimum absolute atomic E-state index is 0.0450. The quantitative estimate of drug-likeness (QED) is 0.620. The number of hydrogen-bond donors (Lipinski definition) is 2. The Morgan fingerprint density at radius 2 is 1.86 bits per heavy atom. The number of carbonyl (C=O) groups excluding carboxylic acids is 1. The molecular formula is C25H29N3O. The zero-order chi connectivity index (χ0) is 19.8. The summed E-state index contributed by atoms with van der Waals surface area (Å²) >= 11 is 0. The number of nitrogens with zero attached hydrogens (tertiary/aromatic N) is 1. The van der Waals surface area contributed by atoms with Gasteiger partial charge in [0.2, 0.25) is 0 Å². The number of hydrogen-bond acceptors (Lipinski definition) is 2. The predicted octanol–water partition coefficient (Wildman–Crippen LogP) is 5.54. The molecule has 1 aliphatic heterocycles. The molecule has 2 aliphatic rings. The van der Waals surface area contributed by atoms with Crippen molar-refractivity contribution in [1.29, 1.82) is 0 Å². The number of aromatic amines is 1. The van der Waals surface area contributed by atoms with E-state index in [1.807, 2.05) is 24.3 Å². The zero-order valence-electron chi connectivity index (χ0n) is 17.1. The number of aromatic nitrogens is 1. The van der Waals surface area contributed by atoms with E-state index in [0.29, 0.717) is 5.92 Å². The van der Waals surface area contributed by atoms with Crippen molar-refractivity contribution in [3.05, 3.63) is 59.3 Å². The molecule has 1 amide bonds. The molecule has 3 aromatic rings. The molecule has 5 rings (SSSR count). The number of nitrogens with one attached hydrogen (secondary N) is 2. The molecule has 0 radical (unpaired) electrons. The van der Waals surface area contributed by atoms with Gasteiger partial charge < -0.3 is 15.2 Å². The van der Waals surface area contributed by atoms with Crippen molar-refractivity contribution in [3.8, 4) is 0 Å². The van der Waals surface area contributed by atoms with E-state index in [4.69, 9.17) is 0 Å². The number of aryl methyl sites for hydroxylation is 1. The van der Waals surface area contributed by atoms with Crippen molar-refractivity contribution in [2.24, 2.45) is 5.92 Å². The van der Waals surface area contributed by atoms with E-state index in [9.17, 15) is 4.79 Å². The highest BCUT2D eigenvalue weighted by Crippen LogP contribution is 2.32. The normalized spacial score (nSPS) is 19.2.